The molecule has 1 rings (SSSR count). The molecule has 0 saturated heterocycles. The van der Waals surface area contributed by atoms with Crippen molar-refractivity contribution in [3.8, 4) is 0 Å². The van der Waals surface area contributed by atoms with Crippen molar-refractivity contribution in [2.75, 3.05) is 25.5 Å². The fraction of sp³-hybridized carbons (Fsp3) is 1.00. The molecular formula is C8H16BrN. The largest absolute Gasteiger partial charge is 0.306 e. The number of hydrogen-bond acceptors (Lipinski definition) is 1. The van der Waals surface area contributed by atoms with Gasteiger partial charge in [0.1, 0.15) is 0 Å². The number of nitrogens with zero attached hydrogens (tertiary/aromatic N) is 1. The van der Waals surface area contributed by atoms with Crippen LogP contribution in [0.25, 0.3) is 0 Å². The van der Waals surface area contributed by atoms with Crippen LogP contribution < -0.4 is 0 Å². The van der Waals surface area contributed by atoms with E-state index in [0.717, 1.165) is 11.2 Å². The van der Waals surface area contributed by atoms with Gasteiger partial charge in [-0.3, -0.25) is 0 Å². The normalized spacial score (nSPS) is 18.3. The highest BCUT2D eigenvalue weighted by Gasteiger charge is 2.20. The van der Waals surface area contributed by atoms with Gasteiger partial charge in [-0.15, -0.1) is 0 Å². The molecule has 1 aliphatic carbocycles. The van der Waals surface area contributed by atoms with E-state index >= 15 is 0 Å². The molecule has 0 unspecified atom stereocenters. The van der Waals surface area contributed by atoms with Gasteiger partial charge < -0.3 is 4.90 Å². The summed E-state index contributed by atoms with van der Waals surface area (Å²) in [5.74, 6) is 1.08. The molecule has 1 nitrogen and oxygen atoms in total. The zero-order valence-corrected chi connectivity index (χ0v) is 8.23. The highest BCUT2D eigenvalue weighted by atomic mass is 79.9. The zero-order chi connectivity index (χ0) is 7.40. The highest BCUT2D eigenvalue weighted by molar-refractivity contribution is 9.09. The van der Waals surface area contributed by atoms with E-state index in [1.165, 1.54) is 32.4 Å². The molecule has 1 fully saturated rings. The maximum atomic E-state index is 3.43. The molecule has 0 atom stereocenters. The van der Waals surface area contributed by atoms with Crippen molar-refractivity contribution >= 4 is 15.9 Å². The molecule has 0 aliphatic heterocycles. The van der Waals surface area contributed by atoms with Crippen molar-refractivity contribution in [2.24, 2.45) is 5.92 Å². The van der Waals surface area contributed by atoms with Crippen molar-refractivity contribution < 1.29 is 0 Å². The number of halogens is 1. The van der Waals surface area contributed by atoms with Gasteiger partial charge >= 0.3 is 0 Å². The molecule has 0 N–H and O–H groups in total. The van der Waals surface area contributed by atoms with E-state index in [1.54, 1.807) is 0 Å². The third-order valence-corrected chi connectivity index (χ3v) is 2.44. The fourth-order valence-electron chi connectivity index (χ4n) is 1.07. The Morgan fingerprint density at radius 1 is 1.40 bits per heavy atom. The van der Waals surface area contributed by atoms with Crippen LogP contribution in [0.5, 0.6) is 0 Å². The summed E-state index contributed by atoms with van der Waals surface area (Å²) in [6.07, 6.45) is 4.40. The van der Waals surface area contributed by atoms with E-state index in [4.69, 9.17) is 0 Å². The second kappa shape index (κ2) is 4.35. The molecule has 1 saturated carbocycles. The van der Waals surface area contributed by atoms with Crippen molar-refractivity contribution in [3.05, 3.63) is 0 Å². The first-order chi connectivity index (χ1) is 4.83. The first-order valence-electron chi connectivity index (χ1n) is 4.07. The lowest BCUT2D eigenvalue weighted by Gasteiger charge is -2.13. The predicted octanol–water partition coefficient (Wildman–Crippen LogP) is 2.11. The lowest BCUT2D eigenvalue weighted by molar-refractivity contribution is 0.342. The molecule has 2 heteroatoms. The zero-order valence-electron chi connectivity index (χ0n) is 6.65. The Morgan fingerprint density at radius 3 is 2.60 bits per heavy atom. The third-order valence-electron chi connectivity index (χ3n) is 2.08. The standard InChI is InChI=1S/C8H16BrN/c1-10(7-5-9)6-4-8-2-3-8/h8H,2-7H2,1H3. The molecule has 0 aromatic heterocycles. The fourth-order valence-corrected chi connectivity index (χ4v) is 1.67. The lowest BCUT2D eigenvalue weighted by atomic mass is 10.3. The van der Waals surface area contributed by atoms with Gasteiger partial charge in [0.05, 0.1) is 0 Å². The highest BCUT2D eigenvalue weighted by Crippen LogP contribution is 2.32. The maximum Gasteiger partial charge on any atom is 0.0159 e. The van der Waals surface area contributed by atoms with Gasteiger partial charge in [0.2, 0.25) is 0 Å². The Balaban J connectivity index is 1.89. The first kappa shape index (κ1) is 8.54. The van der Waals surface area contributed by atoms with E-state index in [2.05, 4.69) is 27.9 Å². The predicted molar refractivity (Wildman–Crippen MR) is 48.6 cm³/mol. The van der Waals surface area contributed by atoms with Crippen LogP contribution in [-0.2, 0) is 0 Å². The molecular weight excluding hydrogens is 190 g/mol. The van der Waals surface area contributed by atoms with Gasteiger partial charge in [0, 0.05) is 11.9 Å². The minimum atomic E-state index is 1.08. The SMILES string of the molecule is CN(CCBr)CCC1CC1. The van der Waals surface area contributed by atoms with E-state index in [0.29, 0.717) is 0 Å². The molecule has 0 heterocycles. The maximum absolute atomic E-state index is 3.43. The average molecular weight is 206 g/mol. The van der Waals surface area contributed by atoms with Crippen molar-refractivity contribution in [1.29, 1.82) is 0 Å². The molecule has 0 amide bonds. The van der Waals surface area contributed by atoms with Crippen LogP contribution in [0.4, 0.5) is 0 Å². The molecule has 1 aliphatic rings. The van der Waals surface area contributed by atoms with Gasteiger partial charge in [-0.1, -0.05) is 28.8 Å². The van der Waals surface area contributed by atoms with Gasteiger partial charge in [0.25, 0.3) is 0 Å². The first-order valence-corrected chi connectivity index (χ1v) is 5.19. The second-order valence-corrected chi connectivity index (χ2v) is 4.02. The minimum Gasteiger partial charge on any atom is -0.306 e. The summed E-state index contributed by atoms with van der Waals surface area (Å²) in [7, 11) is 2.20. The van der Waals surface area contributed by atoms with Crippen LogP contribution in [0.2, 0.25) is 0 Å². The molecule has 0 aromatic carbocycles. The van der Waals surface area contributed by atoms with Crippen LogP contribution in [0.15, 0.2) is 0 Å². The Morgan fingerprint density at radius 2 is 2.10 bits per heavy atom. The summed E-state index contributed by atoms with van der Waals surface area (Å²) in [6, 6.07) is 0. The summed E-state index contributed by atoms with van der Waals surface area (Å²) < 4.78 is 0. The van der Waals surface area contributed by atoms with E-state index in [-0.39, 0.29) is 0 Å². The quantitative estimate of drug-likeness (QED) is 0.622. The van der Waals surface area contributed by atoms with E-state index in [9.17, 15) is 0 Å². The molecule has 0 radical (unpaired) electrons. The summed E-state index contributed by atoms with van der Waals surface area (Å²) >= 11 is 3.43. The topological polar surface area (TPSA) is 3.24 Å². The van der Waals surface area contributed by atoms with Crippen molar-refractivity contribution in [2.45, 2.75) is 19.3 Å². The van der Waals surface area contributed by atoms with Gasteiger partial charge in [-0.2, -0.15) is 0 Å². The molecule has 0 aromatic rings. The Hall–Kier alpha value is 0.440. The van der Waals surface area contributed by atoms with Crippen molar-refractivity contribution in [1.82, 2.24) is 4.90 Å². The third kappa shape index (κ3) is 3.57. The van der Waals surface area contributed by atoms with Gasteiger partial charge in [0.15, 0.2) is 0 Å². The summed E-state index contributed by atoms with van der Waals surface area (Å²) in [5.41, 5.74) is 0. The van der Waals surface area contributed by atoms with E-state index < -0.39 is 0 Å². The molecule has 60 valence electrons. The molecule has 0 spiro atoms. The monoisotopic (exact) mass is 205 g/mol. The summed E-state index contributed by atoms with van der Waals surface area (Å²) in [5, 5.41) is 1.11. The number of hydrogen-bond donors (Lipinski definition) is 0. The van der Waals surface area contributed by atoms with Crippen LogP contribution in [-0.4, -0.2) is 30.4 Å². The Labute approximate surface area is 71.9 Å². The summed E-state index contributed by atoms with van der Waals surface area (Å²) in [6.45, 7) is 2.48. The van der Waals surface area contributed by atoms with Crippen LogP contribution >= 0.6 is 15.9 Å². The average Bonchev–Trinajstić information content (AvgIpc) is 2.67. The van der Waals surface area contributed by atoms with Gasteiger partial charge in [-0.05, 0) is 25.9 Å². The van der Waals surface area contributed by atoms with Crippen LogP contribution in [0, 0.1) is 5.92 Å². The van der Waals surface area contributed by atoms with Crippen LogP contribution in [0.1, 0.15) is 19.3 Å². The summed E-state index contributed by atoms with van der Waals surface area (Å²) in [4.78, 5) is 2.40. The Bertz CT molecular complexity index is 91.3. The number of alkyl halides is 1. The second-order valence-electron chi connectivity index (χ2n) is 3.22. The smallest absolute Gasteiger partial charge is 0.0159 e. The minimum absolute atomic E-state index is 1.08. The number of rotatable bonds is 5. The molecule has 0 bridgehead atoms. The van der Waals surface area contributed by atoms with Crippen molar-refractivity contribution in [3.63, 3.8) is 0 Å². The van der Waals surface area contributed by atoms with Gasteiger partial charge in [-0.25, -0.2) is 0 Å². The van der Waals surface area contributed by atoms with E-state index in [1.807, 2.05) is 0 Å². The molecule has 10 heavy (non-hydrogen) atoms. The Kier molecular flexibility index (Phi) is 3.71. The van der Waals surface area contributed by atoms with Crippen LogP contribution in [0.3, 0.4) is 0 Å². The lowest BCUT2D eigenvalue weighted by Crippen LogP contribution is -2.21.